The molecule has 3 rings (SSSR count). The van der Waals surface area contributed by atoms with Gasteiger partial charge in [-0.3, -0.25) is 4.79 Å². The summed E-state index contributed by atoms with van der Waals surface area (Å²) >= 11 is 1.71. The number of hydrogen-bond acceptors (Lipinski definition) is 3. The molecule has 5 heteroatoms. The molecule has 1 aliphatic heterocycles. The fourth-order valence-electron chi connectivity index (χ4n) is 2.15. The molecule has 19 heavy (non-hydrogen) atoms. The summed E-state index contributed by atoms with van der Waals surface area (Å²) < 4.78 is 2.00. The summed E-state index contributed by atoms with van der Waals surface area (Å²) in [5.41, 5.74) is 0.737. The number of nitrogens with one attached hydrogen (secondary N) is 2. The van der Waals surface area contributed by atoms with E-state index in [9.17, 15) is 4.79 Å². The molecule has 2 aromatic heterocycles. The lowest BCUT2D eigenvalue weighted by Gasteiger charge is -2.27. The van der Waals surface area contributed by atoms with Crippen LogP contribution in [0, 0.1) is 5.92 Å². The van der Waals surface area contributed by atoms with Crippen molar-refractivity contribution in [3.05, 3.63) is 46.4 Å². The summed E-state index contributed by atoms with van der Waals surface area (Å²) in [5, 5.41) is 8.27. The van der Waals surface area contributed by atoms with Crippen LogP contribution in [0.15, 0.2) is 35.8 Å². The Morgan fingerprint density at radius 2 is 2.32 bits per heavy atom. The van der Waals surface area contributed by atoms with E-state index in [1.54, 1.807) is 11.3 Å². The fourth-order valence-corrected chi connectivity index (χ4v) is 2.85. The van der Waals surface area contributed by atoms with Crippen molar-refractivity contribution in [3.63, 3.8) is 0 Å². The molecule has 1 aliphatic rings. The first-order valence-corrected chi connectivity index (χ1v) is 7.37. The van der Waals surface area contributed by atoms with Gasteiger partial charge in [0, 0.05) is 36.6 Å². The third kappa shape index (κ3) is 2.88. The van der Waals surface area contributed by atoms with Gasteiger partial charge in [0.2, 0.25) is 0 Å². The van der Waals surface area contributed by atoms with Crippen LogP contribution in [0.2, 0.25) is 0 Å². The molecule has 3 heterocycles. The highest BCUT2D eigenvalue weighted by molar-refractivity contribution is 7.09. The molecule has 0 unspecified atom stereocenters. The van der Waals surface area contributed by atoms with Crippen molar-refractivity contribution in [1.29, 1.82) is 0 Å². The lowest BCUT2D eigenvalue weighted by Crippen LogP contribution is -2.48. The van der Waals surface area contributed by atoms with Crippen molar-refractivity contribution in [1.82, 2.24) is 15.2 Å². The van der Waals surface area contributed by atoms with Gasteiger partial charge in [-0.2, -0.15) is 0 Å². The molecule has 1 amide bonds. The van der Waals surface area contributed by atoms with Crippen LogP contribution >= 0.6 is 11.3 Å². The second-order valence-electron chi connectivity index (χ2n) is 4.83. The first-order chi connectivity index (χ1) is 9.33. The number of carbonyl (C=O) groups is 1. The molecule has 0 saturated carbocycles. The molecule has 2 N–H and O–H groups in total. The zero-order chi connectivity index (χ0) is 13.1. The summed E-state index contributed by atoms with van der Waals surface area (Å²) in [6, 6.07) is 7.93. The number of amides is 1. The maximum Gasteiger partial charge on any atom is 0.267 e. The van der Waals surface area contributed by atoms with E-state index in [4.69, 9.17) is 0 Å². The first-order valence-electron chi connectivity index (χ1n) is 6.49. The van der Waals surface area contributed by atoms with Gasteiger partial charge < -0.3 is 15.2 Å². The van der Waals surface area contributed by atoms with E-state index in [1.165, 1.54) is 4.88 Å². The molecule has 0 aromatic carbocycles. The zero-order valence-electron chi connectivity index (χ0n) is 10.6. The number of aromatic nitrogens is 1. The number of carbonyl (C=O) groups excluding carboxylic acids is 1. The van der Waals surface area contributed by atoms with Crippen molar-refractivity contribution < 1.29 is 4.79 Å². The normalized spacial score (nSPS) is 15.2. The average Bonchev–Trinajstić information content (AvgIpc) is 2.98. The summed E-state index contributed by atoms with van der Waals surface area (Å²) in [6.45, 7) is 3.54. The summed E-state index contributed by atoms with van der Waals surface area (Å²) in [7, 11) is 0. The Morgan fingerprint density at radius 3 is 3.00 bits per heavy atom. The van der Waals surface area contributed by atoms with Crippen LogP contribution in [0.5, 0.6) is 0 Å². The van der Waals surface area contributed by atoms with Gasteiger partial charge in [0.05, 0.1) is 6.54 Å². The Morgan fingerprint density at radius 1 is 1.42 bits per heavy atom. The molecule has 0 spiro atoms. The minimum Gasteiger partial charge on any atom is -0.350 e. The van der Waals surface area contributed by atoms with Gasteiger partial charge in [-0.1, -0.05) is 6.07 Å². The molecule has 0 atom stereocenters. The van der Waals surface area contributed by atoms with Crippen LogP contribution < -0.4 is 10.6 Å². The second-order valence-corrected chi connectivity index (χ2v) is 5.87. The van der Waals surface area contributed by atoms with Crippen LogP contribution in [0.3, 0.4) is 0 Å². The smallest absolute Gasteiger partial charge is 0.267 e. The third-order valence-electron chi connectivity index (χ3n) is 3.39. The van der Waals surface area contributed by atoms with Gasteiger partial charge in [0.1, 0.15) is 5.69 Å². The standard InChI is InChI=1S/C14H17N3OS/c18-14(16-9-11-7-15-8-11)13-4-1-5-17(13)10-12-3-2-6-19-12/h1-6,11,15H,7-10H2,(H,16,18). The molecular formula is C14H17N3OS. The van der Waals surface area contributed by atoms with E-state index in [1.807, 2.05) is 29.0 Å². The Hall–Kier alpha value is -1.59. The zero-order valence-corrected chi connectivity index (χ0v) is 11.5. The Kier molecular flexibility index (Phi) is 3.66. The molecular weight excluding hydrogens is 258 g/mol. The van der Waals surface area contributed by atoms with E-state index in [0.717, 1.165) is 31.9 Å². The minimum atomic E-state index is 0.0217. The number of hydrogen-bond donors (Lipinski definition) is 2. The Balaban J connectivity index is 1.63. The first kappa shape index (κ1) is 12.4. The van der Waals surface area contributed by atoms with E-state index in [2.05, 4.69) is 22.1 Å². The third-order valence-corrected chi connectivity index (χ3v) is 4.25. The molecule has 0 aliphatic carbocycles. The highest BCUT2D eigenvalue weighted by atomic mass is 32.1. The summed E-state index contributed by atoms with van der Waals surface area (Å²) in [5.74, 6) is 0.609. The van der Waals surface area contributed by atoms with Gasteiger partial charge in [0.25, 0.3) is 5.91 Å². The van der Waals surface area contributed by atoms with Gasteiger partial charge in [-0.05, 0) is 23.6 Å². The van der Waals surface area contributed by atoms with Gasteiger partial charge in [-0.25, -0.2) is 0 Å². The predicted molar refractivity (Wildman–Crippen MR) is 76.5 cm³/mol. The lowest BCUT2D eigenvalue weighted by molar-refractivity contribution is 0.0933. The highest BCUT2D eigenvalue weighted by Crippen LogP contribution is 2.13. The predicted octanol–water partition coefficient (Wildman–Crippen LogP) is 1.55. The van der Waals surface area contributed by atoms with Crippen LogP contribution in [0.25, 0.3) is 0 Å². The maximum atomic E-state index is 12.2. The number of rotatable bonds is 5. The highest BCUT2D eigenvalue weighted by Gasteiger charge is 2.18. The Bertz CT molecular complexity index is 543. The largest absolute Gasteiger partial charge is 0.350 e. The van der Waals surface area contributed by atoms with Gasteiger partial charge >= 0.3 is 0 Å². The van der Waals surface area contributed by atoms with E-state index in [-0.39, 0.29) is 5.91 Å². The molecule has 0 radical (unpaired) electrons. The second kappa shape index (κ2) is 5.59. The number of nitrogens with zero attached hydrogens (tertiary/aromatic N) is 1. The van der Waals surface area contributed by atoms with Crippen molar-refractivity contribution in [2.45, 2.75) is 6.54 Å². The van der Waals surface area contributed by atoms with Gasteiger partial charge in [-0.15, -0.1) is 11.3 Å². The van der Waals surface area contributed by atoms with E-state index < -0.39 is 0 Å². The Labute approximate surface area is 116 Å². The van der Waals surface area contributed by atoms with Crippen molar-refractivity contribution >= 4 is 17.2 Å². The summed E-state index contributed by atoms with van der Waals surface area (Å²) in [6.07, 6.45) is 1.96. The summed E-state index contributed by atoms with van der Waals surface area (Å²) in [4.78, 5) is 13.4. The van der Waals surface area contributed by atoms with E-state index in [0.29, 0.717) is 5.92 Å². The van der Waals surface area contributed by atoms with Crippen LogP contribution in [0.1, 0.15) is 15.4 Å². The van der Waals surface area contributed by atoms with Crippen LogP contribution in [-0.4, -0.2) is 30.1 Å². The molecule has 1 saturated heterocycles. The topological polar surface area (TPSA) is 46.1 Å². The monoisotopic (exact) mass is 275 g/mol. The minimum absolute atomic E-state index is 0.0217. The maximum absolute atomic E-state index is 12.2. The molecule has 2 aromatic rings. The van der Waals surface area contributed by atoms with Crippen LogP contribution in [-0.2, 0) is 6.54 Å². The quantitative estimate of drug-likeness (QED) is 0.869. The van der Waals surface area contributed by atoms with Crippen molar-refractivity contribution in [2.24, 2.45) is 5.92 Å². The molecule has 0 bridgehead atoms. The SMILES string of the molecule is O=C(NCC1CNC1)c1cccn1Cc1cccs1. The molecule has 100 valence electrons. The van der Waals surface area contributed by atoms with Crippen LogP contribution in [0.4, 0.5) is 0 Å². The molecule has 4 nitrogen and oxygen atoms in total. The average molecular weight is 275 g/mol. The number of thiophene rings is 1. The van der Waals surface area contributed by atoms with Crippen molar-refractivity contribution in [2.75, 3.05) is 19.6 Å². The molecule has 1 fully saturated rings. The lowest BCUT2D eigenvalue weighted by atomic mass is 10.0. The van der Waals surface area contributed by atoms with Gasteiger partial charge in [0.15, 0.2) is 0 Å². The van der Waals surface area contributed by atoms with E-state index >= 15 is 0 Å². The van der Waals surface area contributed by atoms with Crippen molar-refractivity contribution in [3.8, 4) is 0 Å². The fraction of sp³-hybridized carbons (Fsp3) is 0.357.